The van der Waals surface area contributed by atoms with Crippen molar-refractivity contribution in [2.45, 2.75) is 28.1 Å². The molecule has 7 heteroatoms. The molecule has 2 aromatic rings. The molecular weight excluding hydrogens is 270 g/mol. The minimum absolute atomic E-state index is 0.200. The van der Waals surface area contributed by atoms with Crippen LogP contribution in [0.4, 0.5) is 0 Å². The molecule has 18 heavy (non-hydrogen) atoms. The first-order valence-electron chi connectivity index (χ1n) is 5.44. The highest BCUT2D eigenvalue weighted by Crippen LogP contribution is 2.40. The van der Waals surface area contributed by atoms with Crippen molar-refractivity contribution in [3.63, 3.8) is 0 Å². The summed E-state index contributed by atoms with van der Waals surface area (Å²) in [5.41, 5.74) is 0.200. The van der Waals surface area contributed by atoms with E-state index in [1.54, 1.807) is 18.3 Å². The monoisotopic (exact) mass is 279 g/mol. The smallest absolute Gasteiger partial charge is 0.338 e. The molecule has 1 saturated carbocycles. The van der Waals surface area contributed by atoms with Gasteiger partial charge in [0, 0.05) is 12.1 Å². The third kappa shape index (κ3) is 2.37. The lowest BCUT2D eigenvalue weighted by atomic mass is 10.3. The summed E-state index contributed by atoms with van der Waals surface area (Å²) in [6, 6.07) is 3.16. The van der Waals surface area contributed by atoms with Crippen molar-refractivity contribution in [3.05, 3.63) is 29.7 Å². The third-order valence-electron chi connectivity index (χ3n) is 2.55. The molecule has 92 valence electrons. The average molecular weight is 279 g/mol. The number of hydrogen-bond acceptors (Lipinski definition) is 6. The van der Waals surface area contributed by atoms with E-state index in [4.69, 9.17) is 5.11 Å². The number of aromatic carboxylic acids is 1. The second kappa shape index (κ2) is 4.66. The molecule has 2 aromatic heterocycles. The van der Waals surface area contributed by atoms with Crippen LogP contribution in [-0.4, -0.2) is 25.4 Å². The molecule has 1 aliphatic carbocycles. The predicted molar refractivity (Wildman–Crippen MR) is 67.2 cm³/mol. The Morgan fingerprint density at radius 1 is 1.50 bits per heavy atom. The molecule has 5 nitrogen and oxygen atoms in total. The lowest BCUT2D eigenvalue weighted by Crippen LogP contribution is -1.99. The largest absolute Gasteiger partial charge is 0.478 e. The molecule has 0 aliphatic heterocycles. The summed E-state index contributed by atoms with van der Waals surface area (Å²) >= 11 is 2.56. The molecule has 0 spiro atoms. The third-order valence-corrected chi connectivity index (χ3v) is 4.34. The quantitative estimate of drug-likeness (QED) is 0.927. The van der Waals surface area contributed by atoms with Gasteiger partial charge in [-0.1, -0.05) is 0 Å². The highest BCUT2D eigenvalue weighted by atomic mass is 32.2. The summed E-state index contributed by atoms with van der Waals surface area (Å²) in [5, 5.41) is 9.52. The van der Waals surface area contributed by atoms with Crippen molar-refractivity contribution in [1.29, 1.82) is 0 Å². The summed E-state index contributed by atoms with van der Waals surface area (Å²) in [5.74, 6) is 0.422. The molecule has 1 N–H and O–H groups in total. The Kier molecular flexibility index (Phi) is 3.00. The van der Waals surface area contributed by atoms with Gasteiger partial charge in [0.05, 0.1) is 5.56 Å². The normalized spacial score (nSPS) is 14.7. The van der Waals surface area contributed by atoms with E-state index < -0.39 is 5.97 Å². The summed E-state index contributed by atoms with van der Waals surface area (Å²) in [6.07, 6.45) is 3.90. The van der Waals surface area contributed by atoms with Crippen LogP contribution in [0.1, 0.15) is 34.9 Å². The van der Waals surface area contributed by atoms with Crippen LogP contribution < -0.4 is 0 Å². The van der Waals surface area contributed by atoms with Crippen LogP contribution in [0.15, 0.2) is 27.7 Å². The maximum absolute atomic E-state index is 11.0. The van der Waals surface area contributed by atoms with Gasteiger partial charge in [-0.25, -0.2) is 14.8 Å². The molecule has 0 radical (unpaired) electrons. The Balaban J connectivity index is 1.84. The van der Waals surface area contributed by atoms with Crippen molar-refractivity contribution < 1.29 is 9.90 Å². The van der Waals surface area contributed by atoms with Crippen molar-refractivity contribution in [3.8, 4) is 0 Å². The first-order chi connectivity index (χ1) is 8.74. The lowest BCUT2D eigenvalue weighted by Gasteiger charge is -2.00. The molecule has 0 unspecified atom stereocenters. The van der Waals surface area contributed by atoms with Crippen LogP contribution in [0.3, 0.4) is 0 Å². The van der Waals surface area contributed by atoms with Crippen LogP contribution in [-0.2, 0) is 0 Å². The zero-order valence-electron chi connectivity index (χ0n) is 9.24. The van der Waals surface area contributed by atoms with E-state index in [0.29, 0.717) is 10.9 Å². The Morgan fingerprint density at radius 3 is 3.06 bits per heavy atom. The lowest BCUT2D eigenvalue weighted by molar-refractivity contribution is 0.0692. The van der Waals surface area contributed by atoms with Gasteiger partial charge >= 0.3 is 5.97 Å². The standard InChI is InChI=1S/C11H9N3O2S2/c15-10(16)7-2-1-5-12-9(7)17-11-13-8(14-18-11)6-3-4-6/h1-2,5-6H,3-4H2,(H,15,16). The maximum atomic E-state index is 11.0. The van der Waals surface area contributed by atoms with E-state index in [9.17, 15) is 4.79 Å². The zero-order valence-corrected chi connectivity index (χ0v) is 10.9. The molecule has 0 amide bonds. The van der Waals surface area contributed by atoms with Gasteiger partial charge in [-0.3, -0.25) is 0 Å². The fraction of sp³-hybridized carbons (Fsp3) is 0.273. The average Bonchev–Trinajstić information content (AvgIpc) is 3.11. The summed E-state index contributed by atoms with van der Waals surface area (Å²) in [6.45, 7) is 0. The van der Waals surface area contributed by atoms with E-state index in [-0.39, 0.29) is 5.56 Å². The molecule has 2 heterocycles. The molecule has 0 bridgehead atoms. The topological polar surface area (TPSA) is 76.0 Å². The fourth-order valence-corrected chi connectivity index (χ4v) is 3.16. The summed E-state index contributed by atoms with van der Waals surface area (Å²) < 4.78 is 5.03. The molecular formula is C11H9N3O2S2. The van der Waals surface area contributed by atoms with Gasteiger partial charge in [-0.2, -0.15) is 4.37 Å². The number of pyridine rings is 1. The molecule has 1 aliphatic rings. The van der Waals surface area contributed by atoms with Gasteiger partial charge in [-0.15, -0.1) is 0 Å². The Bertz CT molecular complexity index is 595. The molecule has 0 aromatic carbocycles. The van der Waals surface area contributed by atoms with Crippen LogP contribution in [0.5, 0.6) is 0 Å². The van der Waals surface area contributed by atoms with E-state index in [2.05, 4.69) is 14.3 Å². The van der Waals surface area contributed by atoms with Crippen LogP contribution in [0.2, 0.25) is 0 Å². The minimum atomic E-state index is -0.975. The SMILES string of the molecule is O=C(O)c1cccnc1Sc1nc(C2CC2)ns1. The number of carboxylic acids is 1. The van der Waals surface area contributed by atoms with Crippen LogP contribution >= 0.6 is 23.3 Å². The first kappa shape index (κ1) is 11.6. The minimum Gasteiger partial charge on any atom is -0.478 e. The van der Waals surface area contributed by atoms with E-state index >= 15 is 0 Å². The number of nitrogens with zero attached hydrogens (tertiary/aromatic N) is 3. The van der Waals surface area contributed by atoms with Gasteiger partial charge in [0.15, 0.2) is 4.34 Å². The Labute approximate surface area is 111 Å². The summed E-state index contributed by atoms with van der Waals surface area (Å²) in [7, 11) is 0. The highest BCUT2D eigenvalue weighted by molar-refractivity contribution is 8.01. The second-order valence-corrected chi connectivity index (χ2v) is 5.94. The molecule has 0 saturated heterocycles. The highest BCUT2D eigenvalue weighted by Gasteiger charge is 2.28. The van der Waals surface area contributed by atoms with Crippen LogP contribution in [0.25, 0.3) is 0 Å². The van der Waals surface area contributed by atoms with Crippen molar-refractivity contribution in [1.82, 2.24) is 14.3 Å². The Morgan fingerprint density at radius 2 is 2.33 bits per heavy atom. The van der Waals surface area contributed by atoms with Gasteiger partial charge in [-0.05, 0) is 48.3 Å². The Hall–Kier alpha value is -1.47. The van der Waals surface area contributed by atoms with Gasteiger partial charge in [0.25, 0.3) is 0 Å². The number of carbonyl (C=O) groups is 1. The van der Waals surface area contributed by atoms with Crippen LogP contribution in [0, 0.1) is 0 Å². The van der Waals surface area contributed by atoms with Gasteiger partial charge < -0.3 is 5.11 Å². The van der Waals surface area contributed by atoms with Crippen molar-refractivity contribution in [2.24, 2.45) is 0 Å². The zero-order chi connectivity index (χ0) is 12.5. The second-order valence-electron chi connectivity index (χ2n) is 3.96. The van der Waals surface area contributed by atoms with Crippen molar-refractivity contribution in [2.75, 3.05) is 0 Å². The van der Waals surface area contributed by atoms with E-state index in [1.807, 2.05) is 0 Å². The number of carboxylic acid groups (broad SMARTS) is 1. The fourth-order valence-electron chi connectivity index (χ4n) is 1.49. The van der Waals surface area contributed by atoms with E-state index in [1.165, 1.54) is 23.3 Å². The number of aromatic nitrogens is 3. The maximum Gasteiger partial charge on any atom is 0.338 e. The molecule has 3 rings (SSSR count). The number of hydrogen-bond donors (Lipinski definition) is 1. The molecule has 0 atom stereocenters. The molecule has 1 fully saturated rings. The van der Waals surface area contributed by atoms with E-state index in [0.717, 1.165) is 23.0 Å². The first-order valence-corrected chi connectivity index (χ1v) is 7.03. The van der Waals surface area contributed by atoms with Crippen molar-refractivity contribution >= 4 is 29.3 Å². The van der Waals surface area contributed by atoms with Gasteiger partial charge in [0.1, 0.15) is 10.9 Å². The predicted octanol–water partition coefficient (Wildman–Crippen LogP) is 2.66. The van der Waals surface area contributed by atoms with Gasteiger partial charge in [0.2, 0.25) is 0 Å². The summed E-state index contributed by atoms with van der Waals surface area (Å²) in [4.78, 5) is 19.5. The number of rotatable bonds is 4.